The Hall–Kier alpha value is -3.00. The number of aryl methyl sites for hydroxylation is 1. The van der Waals surface area contributed by atoms with Crippen LogP contribution in [0.3, 0.4) is 0 Å². The standard InChI is InChI=1S/C16H12Cl2N4.C6H4/c1-3-14-10(2)20-16-7-6-15(21-22(14)16)19-9-11-4-5-12(17)13(18)8-11;1-2-5-4-6(5)3-1/h1,4-8H,9H2,2H3,(H,19,21);1-4H. The van der Waals surface area contributed by atoms with Gasteiger partial charge in [-0.05, 0) is 59.9 Å². The first-order valence-electron chi connectivity index (χ1n) is 8.66. The van der Waals surface area contributed by atoms with Gasteiger partial charge in [0.2, 0.25) is 0 Å². The maximum Gasteiger partial charge on any atom is 0.155 e. The number of nitrogens with zero attached hydrogens (tertiary/aromatic N) is 3. The number of terminal acetylenes is 1. The Morgan fingerprint density at radius 2 is 1.82 bits per heavy atom. The van der Waals surface area contributed by atoms with Gasteiger partial charge in [0.05, 0.1) is 15.7 Å². The van der Waals surface area contributed by atoms with E-state index in [1.165, 1.54) is 11.1 Å². The number of aromatic nitrogens is 3. The summed E-state index contributed by atoms with van der Waals surface area (Å²) in [4.78, 5) is 4.36. The van der Waals surface area contributed by atoms with Crippen LogP contribution in [0.15, 0.2) is 54.6 Å². The van der Waals surface area contributed by atoms with Crippen molar-refractivity contribution in [2.75, 3.05) is 5.32 Å². The lowest BCUT2D eigenvalue weighted by Gasteiger charge is -2.07. The minimum absolute atomic E-state index is 0.532. The summed E-state index contributed by atoms with van der Waals surface area (Å²) < 4.78 is 1.66. The van der Waals surface area contributed by atoms with Gasteiger partial charge in [-0.15, -0.1) is 11.5 Å². The Bertz CT molecular complexity index is 1200. The Balaban J connectivity index is 0.000000268. The molecule has 2 aliphatic rings. The molecule has 0 bridgehead atoms. The molecule has 0 saturated heterocycles. The molecule has 1 N–H and O–H groups in total. The average molecular weight is 407 g/mol. The minimum atomic E-state index is 0.532. The molecule has 1 aromatic carbocycles. The van der Waals surface area contributed by atoms with E-state index in [0.717, 1.165) is 16.9 Å². The topological polar surface area (TPSA) is 42.2 Å². The van der Waals surface area contributed by atoms with Gasteiger partial charge in [0.25, 0.3) is 0 Å². The number of hydrogen-bond donors (Lipinski definition) is 1. The fraction of sp³-hybridized carbons (Fsp3) is 0.0909. The molecule has 0 atom stereocenters. The molecule has 6 heteroatoms. The maximum atomic E-state index is 6.01. The van der Waals surface area contributed by atoms with Gasteiger partial charge in [-0.25, -0.2) is 9.50 Å². The van der Waals surface area contributed by atoms with E-state index in [1.807, 2.05) is 31.2 Å². The van der Waals surface area contributed by atoms with Crippen LogP contribution in [-0.4, -0.2) is 14.6 Å². The summed E-state index contributed by atoms with van der Waals surface area (Å²) in [5.74, 6) is 3.31. The van der Waals surface area contributed by atoms with Gasteiger partial charge in [-0.1, -0.05) is 47.5 Å². The first-order valence-corrected chi connectivity index (χ1v) is 9.42. The zero-order chi connectivity index (χ0) is 19.7. The van der Waals surface area contributed by atoms with Gasteiger partial charge < -0.3 is 5.32 Å². The van der Waals surface area contributed by atoms with Crippen LogP contribution >= 0.6 is 23.2 Å². The van der Waals surface area contributed by atoms with Crippen molar-refractivity contribution in [3.05, 3.63) is 81.6 Å². The highest BCUT2D eigenvalue weighted by molar-refractivity contribution is 6.42. The Morgan fingerprint density at radius 1 is 1.04 bits per heavy atom. The first-order chi connectivity index (χ1) is 13.5. The number of rotatable bonds is 3. The lowest BCUT2D eigenvalue weighted by Crippen LogP contribution is -2.05. The predicted octanol–water partition coefficient (Wildman–Crippen LogP) is 5.60. The van der Waals surface area contributed by atoms with Gasteiger partial charge in [0, 0.05) is 6.54 Å². The van der Waals surface area contributed by atoms with Crippen LogP contribution < -0.4 is 5.32 Å². The minimum Gasteiger partial charge on any atom is -0.365 e. The van der Waals surface area contributed by atoms with Crippen molar-refractivity contribution in [2.24, 2.45) is 0 Å². The highest BCUT2D eigenvalue weighted by Gasteiger charge is 2.08. The molecule has 2 aliphatic carbocycles. The quantitative estimate of drug-likeness (QED) is 0.396. The van der Waals surface area contributed by atoms with E-state index in [9.17, 15) is 0 Å². The number of anilines is 1. The molecule has 5 rings (SSSR count). The van der Waals surface area contributed by atoms with Crippen LogP contribution in [0.25, 0.3) is 16.8 Å². The molecule has 0 saturated carbocycles. The van der Waals surface area contributed by atoms with Crippen molar-refractivity contribution in [1.82, 2.24) is 14.6 Å². The van der Waals surface area contributed by atoms with Crippen LogP contribution in [0.5, 0.6) is 0 Å². The van der Waals surface area contributed by atoms with Crippen LogP contribution in [0.1, 0.15) is 17.0 Å². The van der Waals surface area contributed by atoms with Gasteiger partial charge in [0.15, 0.2) is 5.65 Å². The van der Waals surface area contributed by atoms with E-state index in [2.05, 4.69) is 45.6 Å². The third-order valence-corrected chi connectivity index (χ3v) is 5.10. The zero-order valence-electron chi connectivity index (χ0n) is 15.1. The Labute approximate surface area is 173 Å². The maximum absolute atomic E-state index is 6.01. The third-order valence-electron chi connectivity index (χ3n) is 4.36. The van der Waals surface area contributed by atoms with E-state index < -0.39 is 0 Å². The highest BCUT2D eigenvalue weighted by atomic mass is 35.5. The molecule has 0 radical (unpaired) electrons. The highest BCUT2D eigenvalue weighted by Crippen LogP contribution is 2.32. The summed E-state index contributed by atoms with van der Waals surface area (Å²) in [7, 11) is 0. The summed E-state index contributed by atoms with van der Waals surface area (Å²) >= 11 is 11.9. The first kappa shape index (κ1) is 18.4. The van der Waals surface area contributed by atoms with Crippen molar-refractivity contribution in [3.8, 4) is 23.5 Å². The van der Waals surface area contributed by atoms with E-state index in [0.29, 0.717) is 28.1 Å². The van der Waals surface area contributed by atoms with Gasteiger partial charge >= 0.3 is 0 Å². The van der Waals surface area contributed by atoms with Crippen molar-refractivity contribution < 1.29 is 0 Å². The second-order valence-corrected chi connectivity index (χ2v) is 7.18. The number of halogens is 2. The van der Waals surface area contributed by atoms with Crippen molar-refractivity contribution in [2.45, 2.75) is 13.5 Å². The lowest BCUT2D eigenvalue weighted by molar-refractivity contribution is 0.912. The molecule has 0 aliphatic heterocycles. The SMILES string of the molecule is C#Cc1c(C)nc2ccc(NCc3ccc(Cl)c(Cl)c3)nn12.c1cc2cc-2c1. The third kappa shape index (κ3) is 3.82. The monoisotopic (exact) mass is 406 g/mol. The fourth-order valence-corrected chi connectivity index (χ4v) is 3.14. The Morgan fingerprint density at radius 3 is 2.43 bits per heavy atom. The van der Waals surface area contributed by atoms with Gasteiger partial charge in [0.1, 0.15) is 11.5 Å². The Kier molecular flexibility index (Phi) is 4.95. The van der Waals surface area contributed by atoms with Gasteiger partial charge in [-0.2, -0.15) is 0 Å². The lowest BCUT2D eigenvalue weighted by atomic mass is 10.2. The van der Waals surface area contributed by atoms with Crippen molar-refractivity contribution >= 4 is 34.7 Å². The molecule has 2 heterocycles. The summed E-state index contributed by atoms with van der Waals surface area (Å²) in [6.45, 7) is 2.45. The van der Waals surface area contributed by atoms with Crippen molar-refractivity contribution in [1.29, 1.82) is 0 Å². The molecule has 0 amide bonds. The van der Waals surface area contributed by atoms with Crippen LogP contribution in [0, 0.1) is 19.3 Å². The molecule has 0 fully saturated rings. The van der Waals surface area contributed by atoms with E-state index in [1.54, 1.807) is 10.6 Å². The van der Waals surface area contributed by atoms with Crippen LogP contribution in [0.4, 0.5) is 5.82 Å². The van der Waals surface area contributed by atoms with Crippen LogP contribution in [0.2, 0.25) is 10.0 Å². The molecule has 0 unspecified atom stereocenters. The zero-order valence-corrected chi connectivity index (χ0v) is 16.6. The molecule has 3 aromatic rings. The number of fused-ring (bicyclic) bond motifs is 2. The van der Waals surface area contributed by atoms with E-state index in [4.69, 9.17) is 29.6 Å². The number of nitrogens with one attached hydrogen (secondary N) is 1. The molecule has 138 valence electrons. The number of imidazole rings is 1. The summed E-state index contributed by atoms with van der Waals surface area (Å²) in [5.41, 5.74) is 6.04. The van der Waals surface area contributed by atoms with E-state index >= 15 is 0 Å². The summed E-state index contributed by atoms with van der Waals surface area (Å²) in [6.07, 6.45) is 5.51. The fourth-order valence-electron chi connectivity index (χ4n) is 2.82. The smallest absolute Gasteiger partial charge is 0.155 e. The molecule has 0 spiro atoms. The van der Waals surface area contributed by atoms with Crippen molar-refractivity contribution in [3.63, 3.8) is 0 Å². The predicted molar refractivity (Wildman–Crippen MR) is 115 cm³/mol. The summed E-state index contributed by atoms with van der Waals surface area (Å²) in [6, 6.07) is 17.7. The van der Waals surface area contributed by atoms with Crippen LogP contribution in [-0.2, 0) is 6.54 Å². The molecular formula is C22H16Cl2N4. The summed E-state index contributed by atoms with van der Waals surface area (Å²) in [5, 5.41) is 8.76. The molecule has 4 nitrogen and oxygen atoms in total. The molecule has 28 heavy (non-hydrogen) atoms. The average Bonchev–Trinajstić information content (AvgIpc) is 3.15. The molecule has 2 aromatic heterocycles. The van der Waals surface area contributed by atoms with Gasteiger partial charge in [-0.3, -0.25) is 0 Å². The normalized spacial score (nSPS) is 10.8. The largest absolute Gasteiger partial charge is 0.365 e. The molecular weight excluding hydrogens is 391 g/mol. The second-order valence-electron chi connectivity index (χ2n) is 6.36. The van der Waals surface area contributed by atoms with E-state index in [-0.39, 0.29) is 0 Å². The number of hydrogen-bond acceptors (Lipinski definition) is 3. The number of benzene rings is 2. The second kappa shape index (κ2) is 7.55.